The van der Waals surface area contributed by atoms with E-state index in [0.29, 0.717) is 0 Å². The second kappa shape index (κ2) is 5.91. The number of hydrogen-bond acceptors (Lipinski definition) is 2. The molecule has 1 aliphatic heterocycles. The molecule has 0 unspecified atom stereocenters. The Kier molecular flexibility index (Phi) is 3.95. The van der Waals surface area contributed by atoms with Crippen LogP contribution in [-0.2, 0) is 6.54 Å². The molecule has 0 spiro atoms. The van der Waals surface area contributed by atoms with Crippen molar-refractivity contribution in [3.8, 4) is 0 Å². The van der Waals surface area contributed by atoms with Gasteiger partial charge in [0.15, 0.2) is 0 Å². The van der Waals surface area contributed by atoms with Gasteiger partial charge >= 0.3 is 0 Å². The van der Waals surface area contributed by atoms with Gasteiger partial charge in [-0.2, -0.15) is 0 Å². The third-order valence-electron chi connectivity index (χ3n) is 5.90. The molecule has 2 saturated carbocycles. The summed E-state index contributed by atoms with van der Waals surface area (Å²) in [6, 6.07) is 9.24. The first-order valence-corrected chi connectivity index (χ1v) is 8.86. The van der Waals surface area contributed by atoms with E-state index in [1.54, 1.807) is 0 Å². The Balaban J connectivity index is 1.29. The largest absolute Gasteiger partial charge is 0.298 e. The molecule has 1 aromatic rings. The molecule has 2 nitrogen and oxygen atoms in total. The van der Waals surface area contributed by atoms with Crippen molar-refractivity contribution < 1.29 is 0 Å². The first-order chi connectivity index (χ1) is 10.3. The van der Waals surface area contributed by atoms with E-state index in [4.69, 9.17) is 11.6 Å². The normalized spacial score (nSPS) is 33.7. The Bertz CT molecular complexity index is 478. The molecule has 3 aliphatic rings. The molecule has 1 aromatic carbocycles. The monoisotopic (exact) mass is 304 g/mol. The van der Waals surface area contributed by atoms with Crippen molar-refractivity contribution in [2.75, 3.05) is 26.2 Å². The lowest BCUT2D eigenvalue weighted by Gasteiger charge is -2.41. The topological polar surface area (TPSA) is 6.48 Å². The standard InChI is InChI=1S/C18H25ClN2/c19-17-5-2-14(3-6-17)13-20-7-9-21(10-8-20)18-12-15-1-4-16(18)11-15/h2-3,5-6,15-16,18H,1,4,7-13H2/t15-,16-,18+/m0/s1. The minimum Gasteiger partial charge on any atom is -0.298 e. The van der Waals surface area contributed by atoms with Gasteiger partial charge in [-0.05, 0) is 48.8 Å². The minimum atomic E-state index is 0.833. The fourth-order valence-electron chi connectivity index (χ4n) is 4.76. The zero-order chi connectivity index (χ0) is 14.2. The van der Waals surface area contributed by atoms with Gasteiger partial charge in [0.05, 0.1) is 0 Å². The summed E-state index contributed by atoms with van der Waals surface area (Å²) in [5, 5.41) is 0.833. The summed E-state index contributed by atoms with van der Waals surface area (Å²) in [6.45, 7) is 6.04. The van der Waals surface area contributed by atoms with Gasteiger partial charge in [0.2, 0.25) is 0 Å². The average molecular weight is 305 g/mol. The lowest BCUT2D eigenvalue weighted by Crippen LogP contribution is -2.51. The SMILES string of the molecule is Clc1ccc(CN2CCN([C@@H]3C[C@H]4CC[C@H]3C4)CC2)cc1. The second-order valence-corrected chi connectivity index (χ2v) is 7.62. The second-order valence-electron chi connectivity index (χ2n) is 7.18. The van der Waals surface area contributed by atoms with Gasteiger partial charge in [0.1, 0.15) is 0 Å². The van der Waals surface area contributed by atoms with Crippen LogP contribution in [0.1, 0.15) is 31.2 Å². The van der Waals surface area contributed by atoms with Gasteiger partial charge in [0, 0.05) is 43.8 Å². The van der Waals surface area contributed by atoms with Crippen molar-refractivity contribution >= 4 is 11.6 Å². The third-order valence-corrected chi connectivity index (χ3v) is 6.15. The van der Waals surface area contributed by atoms with Crippen molar-refractivity contribution in [2.24, 2.45) is 11.8 Å². The highest BCUT2D eigenvalue weighted by atomic mass is 35.5. The van der Waals surface area contributed by atoms with Crippen molar-refractivity contribution in [1.82, 2.24) is 9.80 Å². The molecule has 0 radical (unpaired) electrons. The Hall–Kier alpha value is -0.570. The van der Waals surface area contributed by atoms with Crippen molar-refractivity contribution in [3.05, 3.63) is 34.9 Å². The number of piperazine rings is 1. The highest BCUT2D eigenvalue weighted by Gasteiger charge is 2.42. The summed E-state index contributed by atoms with van der Waals surface area (Å²) in [5.41, 5.74) is 1.38. The molecule has 114 valence electrons. The zero-order valence-electron chi connectivity index (χ0n) is 12.7. The van der Waals surface area contributed by atoms with Crippen molar-refractivity contribution in [3.63, 3.8) is 0 Å². The van der Waals surface area contributed by atoms with Gasteiger partial charge in [-0.25, -0.2) is 0 Å². The van der Waals surface area contributed by atoms with E-state index in [1.807, 2.05) is 12.1 Å². The zero-order valence-corrected chi connectivity index (χ0v) is 13.4. The molecular formula is C18H25ClN2. The molecule has 3 heteroatoms. The maximum absolute atomic E-state index is 5.96. The highest BCUT2D eigenvalue weighted by Crippen LogP contribution is 2.46. The molecule has 1 heterocycles. The molecular weight excluding hydrogens is 280 g/mol. The Morgan fingerprint density at radius 2 is 1.71 bits per heavy atom. The van der Waals surface area contributed by atoms with E-state index in [2.05, 4.69) is 21.9 Å². The maximum atomic E-state index is 5.96. The molecule has 0 amide bonds. The molecule has 0 aromatic heterocycles. The van der Waals surface area contributed by atoms with Crippen LogP contribution in [0.2, 0.25) is 5.02 Å². The quantitative estimate of drug-likeness (QED) is 0.841. The average Bonchev–Trinajstić information content (AvgIpc) is 3.13. The minimum absolute atomic E-state index is 0.833. The lowest BCUT2D eigenvalue weighted by molar-refractivity contribution is 0.0680. The number of fused-ring (bicyclic) bond motifs is 2. The Labute approximate surface area is 133 Å². The summed E-state index contributed by atoms with van der Waals surface area (Å²) >= 11 is 5.96. The fraction of sp³-hybridized carbons (Fsp3) is 0.667. The molecule has 2 aliphatic carbocycles. The summed E-state index contributed by atoms with van der Waals surface area (Å²) in [6.07, 6.45) is 6.02. The van der Waals surface area contributed by atoms with E-state index in [-0.39, 0.29) is 0 Å². The first-order valence-electron chi connectivity index (χ1n) is 8.49. The van der Waals surface area contributed by atoms with Gasteiger partial charge in [0.25, 0.3) is 0 Å². The van der Waals surface area contributed by atoms with E-state index in [0.717, 1.165) is 29.4 Å². The number of benzene rings is 1. The van der Waals surface area contributed by atoms with E-state index in [9.17, 15) is 0 Å². The summed E-state index contributed by atoms with van der Waals surface area (Å²) in [7, 11) is 0. The van der Waals surface area contributed by atoms with Crippen LogP contribution in [0.15, 0.2) is 24.3 Å². The first kappa shape index (κ1) is 14.0. The van der Waals surface area contributed by atoms with Gasteiger partial charge in [-0.1, -0.05) is 30.2 Å². The predicted octanol–water partition coefficient (Wildman–Crippen LogP) is 3.65. The molecule has 3 atom stereocenters. The number of rotatable bonds is 3. The van der Waals surface area contributed by atoms with Gasteiger partial charge < -0.3 is 0 Å². The number of halogens is 1. The fourth-order valence-corrected chi connectivity index (χ4v) is 4.89. The van der Waals surface area contributed by atoms with Crippen molar-refractivity contribution in [1.29, 1.82) is 0 Å². The van der Waals surface area contributed by atoms with Gasteiger partial charge in [-0.15, -0.1) is 0 Å². The van der Waals surface area contributed by atoms with Crippen LogP contribution >= 0.6 is 11.6 Å². The van der Waals surface area contributed by atoms with Crippen LogP contribution in [0.5, 0.6) is 0 Å². The predicted molar refractivity (Wildman–Crippen MR) is 87.5 cm³/mol. The number of hydrogen-bond donors (Lipinski definition) is 0. The van der Waals surface area contributed by atoms with Crippen LogP contribution in [-0.4, -0.2) is 42.0 Å². The van der Waals surface area contributed by atoms with E-state index < -0.39 is 0 Å². The molecule has 1 saturated heterocycles. The molecule has 0 N–H and O–H groups in total. The molecule has 21 heavy (non-hydrogen) atoms. The summed E-state index contributed by atoms with van der Waals surface area (Å²) in [4.78, 5) is 5.38. The van der Waals surface area contributed by atoms with Crippen LogP contribution in [0.4, 0.5) is 0 Å². The third kappa shape index (κ3) is 2.99. The van der Waals surface area contributed by atoms with E-state index in [1.165, 1.54) is 57.4 Å². The molecule has 3 fully saturated rings. The Morgan fingerprint density at radius 3 is 2.33 bits per heavy atom. The van der Waals surface area contributed by atoms with Crippen LogP contribution in [0.3, 0.4) is 0 Å². The lowest BCUT2D eigenvalue weighted by atomic mass is 9.93. The highest BCUT2D eigenvalue weighted by molar-refractivity contribution is 6.30. The van der Waals surface area contributed by atoms with Gasteiger partial charge in [-0.3, -0.25) is 9.80 Å². The van der Waals surface area contributed by atoms with Crippen LogP contribution < -0.4 is 0 Å². The molecule has 4 rings (SSSR count). The summed E-state index contributed by atoms with van der Waals surface area (Å²) < 4.78 is 0. The molecule has 2 bridgehead atoms. The van der Waals surface area contributed by atoms with E-state index >= 15 is 0 Å². The maximum Gasteiger partial charge on any atom is 0.0406 e. The van der Waals surface area contributed by atoms with Crippen molar-refractivity contribution in [2.45, 2.75) is 38.3 Å². The Morgan fingerprint density at radius 1 is 0.952 bits per heavy atom. The van der Waals surface area contributed by atoms with Crippen LogP contribution in [0.25, 0.3) is 0 Å². The van der Waals surface area contributed by atoms with Crippen LogP contribution in [0, 0.1) is 11.8 Å². The number of nitrogens with zero attached hydrogens (tertiary/aromatic N) is 2. The smallest absolute Gasteiger partial charge is 0.0406 e. The summed E-state index contributed by atoms with van der Waals surface area (Å²) in [5.74, 6) is 2.09.